The quantitative estimate of drug-likeness (QED) is 0.608. The van der Waals surface area contributed by atoms with Gasteiger partial charge >= 0.3 is 0 Å². The summed E-state index contributed by atoms with van der Waals surface area (Å²) in [5.74, 6) is 2.05. The van der Waals surface area contributed by atoms with E-state index in [2.05, 4.69) is 36.1 Å². The summed E-state index contributed by atoms with van der Waals surface area (Å²) in [6.45, 7) is 4.53. The van der Waals surface area contributed by atoms with Crippen LogP contribution >= 0.6 is 0 Å². The van der Waals surface area contributed by atoms with Crippen LogP contribution in [-0.4, -0.2) is 17.3 Å². The number of fused-ring (bicyclic) bond motifs is 2. The highest BCUT2D eigenvalue weighted by atomic mass is 15.2. The minimum absolute atomic E-state index is 0.767. The molecule has 1 fully saturated rings. The van der Waals surface area contributed by atoms with Crippen molar-refractivity contribution in [2.75, 3.05) is 6.54 Å². The van der Waals surface area contributed by atoms with Crippen molar-refractivity contribution in [1.82, 2.24) is 4.90 Å². The summed E-state index contributed by atoms with van der Waals surface area (Å²) in [5.41, 5.74) is 2.54. The van der Waals surface area contributed by atoms with E-state index in [1.54, 1.807) is 0 Å². The third-order valence-electron chi connectivity index (χ3n) is 3.03. The molecule has 0 aliphatic carbocycles. The highest BCUT2D eigenvalue weighted by Gasteiger charge is 2.27. The Kier molecular flexibility index (Phi) is 1.63. The Labute approximate surface area is 84.3 Å². The zero-order valence-electron chi connectivity index (χ0n) is 8.40. The lowest BCUT2D eigenvalue weighted by molar-refractivity contribution is 0.404. The number of rotatable bonds is 0. The maximum Gasteiger partial charge on any atom is 0.105 e. The standard InChI is InChI=1S/C12H14N2/c1-9-6-12-13-11-5-3-2-4-10(11)8-14(12)7-9/h2-5,9H,6-8H2,1H3/t9-/m0/s1. The van der Waals surface area contributed by atoms with E-state index in [0.717, 1.165) is 18.9 Å². The second kappa shape index (κ2) is 2.84. The van der Waals surface area contributed by atoms with Crippen LogP contribution < -0.4 is 0 Å². The summed E-state index contributed by atoms with van der Waals surface area (Å²) in [6, 6.07) is 8.46. The molecule has 2 nitrogen and oxygen atoms in total. The van der Waals surface area contributed by atoms with E-state index in [4.69, 9.17) is 4.99 Å². The third kappa shape index (κ3) is 1.14. The van der Waals surface area contributed by atoms with Gasteiger partial charge in [-0.15, -0.1) is 0 Å². The van der Waals surface area contributed by atoms with Crippen LogP contribution in [0.15, 0.2) is 29.3 Å². The van der Waals surface area contributed by atoms with Gasteiger partial charge in [0.25, 0.3) is 0 Å². The molecule has 1 saturated heterocycles. The first-order valence-corrected chi connectivity index (χ1v) is 5.23. The molecule has 0 amide bonds. The Balaban J connectivity index is 2.03. The Morgan fingerprint density at radius 1 is 1.36 bits per heavy atom. The molecule has 0 bridgehead atoms. The highest BCUT2D eigenvalue weighted by molar-refractivity contribution is 5.88. The Bertz CT molecular complexity index is 395. The molecule has 1 aromatic rings. The van der Waals surface area contributed by atoms with Gasteiger partial charge < -0.3 is 4.90 Å². The molecule has 1 atom stereocenters. The van der Waals surface area contributed by atoms with Gasteiger partial charge in [0.05, 0.1) is 5.69 Å². The number of hydrogen-bond acceptors (Lipinski definition) is 2. The van der Waals surface area contributed by atoms with Crippen molar-refractivity contribution in [1.29, 1.82) is 0 Å². The molecule has 2 aliphatic heterocycles. The molecule has 0 spiro atoms. The normalized spacial score (nSPS) is 24.2. The predicted octanol–water partition coefficient (Wildman–Crippen LogP) is 2.57. The highest BCUT2D eigenvalue weighted by Crippen LogP contribution is 2.31. The summed E-state index contributed by atoms with van der Waals surface area (Å²) in [7, 11) is 0. The molecule has 1 aromatic carbocycles. The summed E-state index contributed by atoms with van der Waals surface area (Å²) in [6.07, 6.45) is 1.15. The summed E-state index contributed by atoms with van der Waals surface area (Å²) >= 11 is 0. The average molecular weight is 186 g/mol. The van der Waals surface area contributed by atoms with Crippen molar-refractivity contribution in [3.05, 3.63) is 29.8 Å². The number of hydrogen-bond donors (Lipinski definition) is 0. The van der Waals surface area contributed by atoms with Crippen LogP contribution in [0.4, 0.5) is 5.69 Å². The molecule has 2 heterocycles. The van der Waals surface area contributed by atoms with Crippen molar-refractivity contribution in [3.8, 4) is 0 Å². The molecule has 72 valence electrons. The number of amidine groups is 1. The largest absolute Gasteiger partial charge is 0.355 e. The van der Waals surface area contributed by atoms with Gasteiger partial charge in [-0.25, -0.2) is 4.99 Å². The van der Waals surface area contributed by atoms with Crippen molar-refractivity contribution in [3.63, 3.8) is 0 Å². The van der Waals surface area contributed by atoms with Gasteiger partial charge in [0, 0.05) is 19.5 Å². The van der Waals surface area contributed by atoms with E-state index >= 15 is 0 Å². The van der Waals surface area contributed by atoms with E-state index < -0.39 is 0 Å². The maximum atomic E-state index is 4.70. The van der Waals surface area contributed by atoms with E-state index in [9.17, 15) is 0 Å². The molecule has 0 saturated carbocycles. The fraction of sp³-hybridized carbons (Fsp3) is 0.417. The molecule has 2 heteroatoms. The number of aliphatic imine (C=N–C) groups is 1. The first-order chi connectivity index (χ1) is 6.83. The van der Waals surface area contributed by atoms with Crippen LogP contribution in [0.2, 0.25) is 0 Å². The van der Waals surface area contributed by atoms with Gasteiger partial charge in [0.1, 0.15) is 5.84 Å². The minimum atomic E-state index is 0.767. The molecule has 2 aliphatic rings. The molecule has 0 aromatic heterocycles. The average Bonchev–Trinajstić information content (AvgIpc) is 2.53. The van der Waals surface area contributed by atoms with E-state index in [1.165, 1.54) is 23.6 Å². The number of benzene rings is 1. The van der Waals surface area contributed by atoms with Crippen LogP contribution in [0.1, 0.15) is 18.9 Å². The van der Waals surface area contributed by atoms with E-state index in [-0.39, 0.29) is 0 Å². The summed E-state index contributed by atoms with van der Waals surface area (Å²) < 4.78 is 0. The Morgan fingerprint density at radius 3 is 3.14 bits per heavy atom. The Hall–Kier alpha value is -1.31. The second-order valence-electron chi connectivity index (χ2n) is 4.35. The van der Waals surface area contributed by atoms with E-state index in [0.29, 0.717) is 0 Å². The van der Waals surface area contributed by atoms with Gasteiger partial charge in [-0.05, 0) is 17.5 Å². The number of para-hydroxylation sites is 1. The van der Waals surface area contributed by atoms with Crippen molar-refractivity contribution < 1.29 is 0 Å². The van der Waals surface area contributed by atoms with Gasteiger partial charge in [-0.2, -0.15) is 0 Å². The fourth-order valence-electron chi connectivity index (χ4n) is 2.36. The molecule has 0 N–H and O–H groups in total. The van der Waals surface area contributed by atoms with Crippen LogP contribution in [0.3, 0.4) is 0 Å². The first kappa shape index (κ1) is 8.04. The second-order valence-corrected chi connectivity index (χ2v) is 4.35. The van der Waals surface area contributed by atoms with Crippen molar-refractivity contribution in [2.24, 2.45) is 10.9 Å². The fourth-order valence-corrected chi connectivity index (χ4v) is 2.36. The van der Waals surface area contributed by atoms with Crippen LogP contribution in [0.5, 0.6) is 0 Å². The predicted molar refractivity (Wildman–Crippen MR) is 57.7 cm³/mol. The van der Waals surface area contributed by atoms with Crippen LogP contribution in [-0.2, 0) is 6.54 Å². The Morgan fingerprint density at radius 2 is 2.21 bits per heavy atom. The van der Waals surface area contributed by atoms with Gasteiger partial charge in [-0.3, -0.25) is 0 Å². The molecular weight excluding hydrogens is 172 g/mol. The zero-order chi connectivity index (χ0) is 9.54. The lowest BCUT2D eigenvalue weighted by Crippen LogP contribution is -2.27. The van der Waals surface area contributed by atoms with E-state index in [1.807, 2.05) is 0 Å². The van der Waals surface area contributed by atoms with Crippen LogP contribution in [0.25, 0.3) is 0 Å². The lowest BCUT2D eigenvalue weighted by atomic mass is 10.1. The number of nitrogens with zero attached hydrogens (tertiary/aromatic N) is 2. The molecule has 0 radical (unpaired) electrons. The maximum absolute atomic E-state index is 4.70. The smallest absolute Gasteiger partial charge is 0.105 e. The molecule has 3 rings (SSSR count). The topological polar surface area (TPSA) is 15.6 Å². The SMILES string of the molecule is C[C@H]1CC2=Nc3ccccc3CN2C1. The third-order valence-corrected chi connectivity index (χ3v) is 3.03. The molecule has 0 unspecified atom stereocenters. The monoisotopic (exact) mass is 186 g/mol. The lowest BCUT2D eigenvalue weighted by Gasteiger charge is -2.24. The summed E-state index contributed by atoms with van der Waals surface area (Å²) in [4.78, 5) is 7.11. The minimum Gasteiger partial charge on any atom is -0.355 e. The summed E-state index contributed by atoms with van der Waals surface area (Å²) in [5, 5.41) is 0. The first-order valence-electron chi connectivity index (χ1n) is 5.23. The van der Waals surface area contributed by atoms with Crippen molar-refractivity contribution in [2.45, 2.75) is 19.9 Å². The molecule has 14 heavy (non-hydrogen) atoms. The van der Waals surface area contributed by atoms with Gasteiger partial charge in [-0.1, -0.05) is 25.1 Å². The van der Waals surface area contributed by atoms with Crippen molar-refractivity contribution >= 4 is 11.5 Å². The van der Waals surface area contributed by atoms with Gasteiger partial charge in [0.2, 0.25) is 0 Å². The van der Waals surface area contributed by atoms with Crippen LogP contribution in [0, 0.1) is 5.92 Å². The van der Waals surface area contributed by atoms with Gasteiger partial charge in [0.15, 0.2) is 0 Å². The zero-order valence-corrected chi connectivity index (χ0v) is 8.40. The molecular formula is C12H14N2.